The van der Waals surface area contributed by atoms with Crippen molar-refractivity contribution in [1.29, 1.82) is 0 Å². The molecule has 1 aromatic carbocycles. The highest BCUT2D eigenvalue weighted by molar-refractivity contribution is 5.91. The molecular formula is C16H20N2O4. The lowest BCUT2D eigenvalue weighted by Crippen LogP contribution is -2.49. The van der Waals surface area contributed by atoms with Gasteiger partial charge in [-0.15, -0.1) is 0 Å². The Bertz CT molecular complexity index is 559. The molecule has 1 saturated heterocycles. The number of nitrogens with zero attached hydrogens (tertiary/aromatic N) is 1. The number of carboxylic acid groups (broad SMARTS) is 1. The quantitative estimate of drug-likeness (QED) is 0.859. The van der Waals surface area contributed by atoms with Crippen LogP contribution in [0.25, 0.3) is 0 Å². The molecule has 0 aromatic heterocycles. The summed E-state index contributed by atoms with van der Waals surface area (Å²) in [5.41, 5.74) is 0.688. The van der Waals surface area contributed by atoms with E-state index in [1.165, 1.54) is 6.92 Å². The van der Waals surface area contributed by atoms with Gasteiger partial charge in [0.05, 0.1) is 0 Å². The van der Waals surface area contributed by atoms with Crippen LogP contribution < -0.4 is 5.32 Å². The number of carboxylic acids is 1. The van der Waals surface area contributed by atoms with Crippen LogP contribution in [0.1, 0.15) is 37.8 Å². The third-order valence-electron chi connectivity index (χ3n) is 3.76. The summed E-state index contributed by atoms with van der Waals surface area (Å²) in [6.07, 6.45) is 2.09. The Morgan fingerprint density at radius 1 is 1.23 bits per heavy atom. The second-order valence-corrected chi connectivity index (χ2v) is 5.43. The molecule has 2 amide bonds. The molecule has 1 fully saturated rings. The van der Waals surface area contributed by atoms with Gasteiger partial charge in [-0.1, -0.05) is 30.3 Å². The molecule has 118 valence electrons. The topological polar surface area (TPSA) is 86.7 Å². The summed E-state index contributed by atoms with van der Waals surface area (Å²) in [6, 6.07) is 7.19. The fourth-order valence-corrected chi connectivity index (χ4v) is 2.56. The second-order valence-electron chi connectivity index (χ2n) is 5.43. The van der Waals surface area contributed by atoms with Crippen LogP contribution in [-0.4, -0.2) is 40.4 Å². The average molecular weight is 304 g/mol. The first-order chi connectivity index (χ1) is 10.5. The van der Waals surface area contributed by atoms with Crippen LogP contribution in [0.4, 0.5) is 0 Å². The molecule has 6 heteroatoms. The smallest absolute Gasteiger partial charge is 0.325 e. The van der Waals surface area contributed by atoms with E-state index >= 15 is 0 Å². The molecule has 0 radical (unpaired) electrons. The van der Waals surface area contributed by atoms with E-state index in [9.17, 15) is 14.4 Å². The summed E-state index contributed by atoms with van der Waals surface area (Å²) < 4.78 is 0. The van der Waals surface area contributed by atoms with Crippen molar-refractivity contribution < 1.29 is 19.5 Å². The average Bonchev–Trinajstić information content (AvgIpc) is 2.50. The van der Waals surface area contributed by atoms with Gasteiger partial charge in [0.2, 0.25) is 11.8 Å². The third kappa shape index (κ3) is 3.63. The lowest BCUT2D eigenvalue weighted by atomic mass is 10.00. The van der Waals surface area contributed by atoms with Gasteiger partial charge in [-0.05, 0) is 25.3 Å². The Labute approximate surface area is 129 Å². The van der Waals surface area contributed by atoms with E-state index in [1.807, 2.05) is 6.07 Å². The maximum atomic E-state index is 12.5. The molecule has 22 heavy (non-hydrogen) atoms. The van der Waals surface area contributed by atoms with Crippen molar-refractivity contribution in [2.75, 3.05) is 6.54 Å². The van der Waals surface area contributed by atoms with Gasteiger partial charge < -0.3 is 15.3 Å². The maximum absolute atomic E-state index is 12.5. The van der Waals surface area contributed by atoms with Crippen molar-refractivity contribution >= 4 is 17.8 Å². The van der Waals surface area contributed by atoms with Crippen LogP contribution in [0.5, 0.6) is 0 Å². The number of rotatable bonds is 5. The first kappa shape index (κ1) is 16.0. The number of nitrogens with one attached hydrogen (secondary N) is 1. The summed E-state index contributed by atoms with van der Waals surface area (Å²) in [5.74, 6) is -1.64. The van der Waals surface area contributed by atoms with Crippen LogP contribution in [0.2, 0.25) is 0 Å². The molecule has 1 heterocycles. The van der Waals surface area contributed by atoms with E-state index < -0.39 is 24.0 Å². The lowest BCUT2D eigenvalue weighted by molar-refractivity contribution is -0.145. The Morgan fingerprint density at radius 3 is 2.50 bits per heavy atom. The van der Waals surface area contributed by atoms with Gasteiger partial charge in [-0.3, -0.25) is 14.4 Å². The largest absolute Gasteiger partial charge is 0.480 e. The minimum Gasteiger partial charge on any atom is -0.480 e. The van der Waals surface area contributed by atoms with E-state index in [0.717, 1.165) is 12.8 Å². The van der Waals surface area contributed by atoms with Gasteiger partial charge in [0.1, 0.15) is 12.1 Å². The summed E-state index contributed by atoms with van der Waals surface area (Å²) in [5, 5.41) is 11.4. The van der Waals surface area contributed by atoms with Crippen molar-refractivity contribution in [1.82, 2.24) is 10.2 Å². The number of carbonyl (C=O) groups excluding carboxylic acids is 2. The SMILES string of the molecule is CC(NC(=O)C(c1ccccc1)N1CCCCC1=O)C(=O)O. The maximum Gasteiger partial charge on any atom is 0.325 e. The van der Waals surface area contributed by atoms with Crippen molar-refractivity contribution in [3.05, 3.63) is 35.9 Å². The first-order valence-electron chi connectivity index (χ1n) is 7.38. The van der Waals surface area contributed by atoms with Gasteiger partial charge in [0.25, 0.3) is 0 Å². The van der Waals surface area contributed by atoms with Gasteiger partial charge in [0, 0.05) is 13.0 Å². The number of likely N-dealkylation sites (tertiary alicyclic amines) is 1. The van der Waals surface area contributed by atoms with E-state index in [2.05, 4.69) is 5.32 Å². The zero-order valence-electron chi connectivity index (χ0n) is 12.5. The Hall–Kier alpha value is -2.37. The number of benzene rings is 1. The molecule has 1 aromatic rings. The third-order valence-corrected chi connectivity index (χ3v) is 3.76. The Kier molecular flexibility index (Phi) is 5.14. The van der Waals surface area contributed by atoms with E-state index in [-0.39, 0.29) is 5.91 Å². The number of carbonyl (C=O) groups is 3. The normalized spacial score (nSPS) is 17.7. The molecule has 2 rings (SSSR count). The van der Waals surface area contributed by atoms with Crippen LogP contribution in [-0.2, 0) is 14.4 Å². The predicted molar refractivity (Wildman–Crippen MR) is 80.0 cm³/mol. The molecule has 0 saturated carbocycles. The molecule has 2 unspecified atom stereocenters. The lowest BCUT2D eigenvalue weighted by Gasteiger charge is -2.34. The molecule has 1 aliphatic rings. The fraction of sp³-hybridized carbons (Fsp3) is 0.438. The molecule has 2 atom stereocenters. The molecule has 0 aliphatic carbocycles. The summed E-state index contributed by atoms with van der Waals surface area (Å²) in [6.45, 7) is 1.91. The van der Waals surface area contributed by atoms with Gasteiger partial charge in [-0.2, -0.15) is 0 Å². The monoisotopic (exact) mass is 304 g/mol. The zero-order valence-corrected chi connectivity index (χ0v) is 12.5. The second kappa shape index (κ2) is 7.06. The number of hydrogen-bond acceptors (Lipinski definition) is 3. The van der Waals surface area contributed by atoms with Crippen molar-refractivity contribution in [3.63, 3.8) is 0 Å². The number of piperidine rings is 1. The minimum atomic E-state index is -1.11. The van der Waals surface area contributed by atoms with Crippen molar-refractivity contribution in [2.45, 2.75) is 38.3 Å². The highest BCUT2D eigenvalue weighted by Gasteiger charge is 2.33. The number of aliphatic carboxylic acids is 1. The predicted octanol–water partition coefficient (Wildman–Crippen LogP) is 1.33. The molecule has 6 nitrogen and oxygen atoms in total. The standard InChI is InChI=1S/C16H20N2O4/c1-11(16(21)22)17-15(20)14(12-7-3-2-4-8-12)18-10-6-5-9-13(18)19/h2-4,7-8,11,14H,5-6,9-10H2,1H3,(H,17,20)(H,21,22). The fourth-order valence-electron chi connectivity index (χ4n) is 2.56. The molecular weight excluding hydrogens is 284 g/mol. The molecule has 0 spiro atoms. The van der Waals surface area contributed by atoms with Crippen LogP contribution in [0.15, 0.2) is 30.3 Å². The molecule has 2 N–H and O–H groups in total. The number of amides is 2. The Morgan fingerprint density at radius 2 is 1.91 bits per heavy atom. The van der Waals surface area contributed by atoms with Crippen LogP contribution in [0, 0.1) is 0 Å². The summed E-state index contributed by atoms with van der Waals surface area (Å²) in [4.78, 5) is 37.2. The van der Waals surface area contributed by atoms with Crippen molar-refractivity contribution in [3.8, 4) is 0 Å². The van der Waals surface area contributed by atoms with E-state index in [1.54, 1.807) is 29.2 Å². The summed E-state index contributed by atoms with van der Waals surface area (Å²) >= 11 is 0. The molecule has 1 aliphatic heterocycles. The number of hydrogen-bond donors (Lipinski definition) is 2. The van der Waals surface area contributed by atoms with Gasteiger partial charge in [0.15, 0.2) is 0 Å². The van der Waals surface area contributed by atoms with Crippen LogP contribution >= 0.6 is 0 Å². The zero-order chi connectivity index (χ0) is 16.1. The summed E-state index contributed by atoms with van der Waals surface area (Å²) in [7, 11) is 0. The van der Waals surface area contributed by atoms with Gasteiger partial charge in [-0.25, -0.2) is 0 Å². The highest BCUT2D eigenvalue weighted by atomic mass is 16.4. The van der Waals surface area contributed by atoms with E-state index in [4.69, 9.17) is 5.11 Å². The van der Waals surface area contributed by atoms with Gasteiger partial charge >= 0.3 is 5.97 Å². The Balaban J connectivity index is 2.27. The molecule has 0 bridgehead atoms. The highest BCUT2D eigenvalue weighted by Crippen LogP contribution is 2.25. The van der Waals surface area contributed by atoms with E-state index in [0.29, 0.717) is 18.5 Å². The first-order valence-corrected chi connectivity index (χ1v) is 7.38. The minimum absolute atomic E-state index is 0.0711. The van der Waals surface area contributed by atoms with Crippen molar-refractivity contribution in [2.24, 2.45) is 0 Å². The van der Waals surface area contributed by atoms with Crippen LogP contribution in [0.3, 0.4) is 0 Å².